The van der Waals surface area contributed by atoms with Crippen molar-refractivity contribution < 1.29 is 17.6 Å². The van der Waals surface area contributed by atoms with Crippen molar-refractivity contribution in [1.29, 1.82) is 0 Å². The number of halogens is 4. The van der Waals surface area contributed by atoms with Crippen molar-refractivity contribution in [2.24, 2.45) is 0 Å². The third kappa shape index (κ3) is 3.15. The van der Waals surface area contributed by atoms with Crippen LogP contribution >= 0.6 is 15.9 Å². The molecular weight excluding hydrogens is 325 g/mol. The van der Waals surface area contributed by atoms with Gasteiger partial charge in [-0.1, -0.05) is 22.9 Å². The quantitative estimate of drug-likeness (QED) is 0.770. The molecule has 1 unspecified atom stereocenters. The van der Waals surface area contributed by atoms with Gasteiger partial charge in [0.2, 0.25) is 11.8 Å². The molecule has 3 nitrogen and oxygen atoms in total. The monoisotopic (exact) mass is 334 g/mol. The average molecular weight is 335 g/mol. The first kappa shape index (κ1) is 14.0. The molecule has 0 aliphatic rings. The Kier molecular flexibility index (Phi) is 3.93. The highest BCUT2D eigenvalue weighted by atomic mass is 79.9. The van der Waals surface area contributed by atoms with E-state index in [1.165, 1.54) is 12.1 Å². The predicted octanol–water partition coefficient (Wildman–Crippen LogP) is 4.60. The maximum atomic E-state index is 12.4. The van der Waals surface area contributed by atoms with Crippen molar-refractivity contribution in [3.8, 4) is 11.5 Å². The van der Waals surface area contributed by atoms with E-state index in [-0.39, 0.29) is 10.7 Å². The summed E-state index contributed by atoms with van der Waals surface area (Å²) in [5.74, 6) is 0.624. The topological polar surface area (TPSA) is 38.9 Å². The highest BCUT2D eigenvalue weighted by Crippen LogP contribution is 2.31. The Morgan fingerprint density at radius 2 is 1.84 bits per heavy atom. The number of hydrogen-bond donors (Lipinski definition) is 0. The second-order valence-corrected chi connectivity index (χ2v) is 5.00. The molecule has 1 aromatic carbocycles. The molecule has 1 heterocycles. The number of hydrogen-bond acceptors (Lipinski definition) is 3. The SMILES string of the molecule is CCC(Br)c1nnc(-c2ccc(C(F)(F)F)cc2)o1. The van der Waals surface area contributed by atoms with Gasteiger partial charge in [0.05, 0.1) is 10.4 Å². The molecule has 0 radical (unpaired) electrons. The molecule has 0 aliphatic heterocycles. The van der Waals surface area contributed by atoms with Crippen LogP contribution in [0.2, 0.25) is 0 Å². The van der Waals surface area contributed by atoms with Crippen molar-refractivity contribution in [2.45, 2.75) is 24.3 Å². The van der Waals surface area contributed by atoms with Gasteiger partial charge in [-0.3, -0.25) is 0 Å². The molecule has 0 spiro atoms. The number of aromatic nitrogens is 2. The van der Waals surface area contributed by atoms with Gasteiger partial charge in [0.25, 0.3) is 0 Å². The molecule has 0 bridgehead atoms. The van der Waals surface area contributed by atoms with Crippen LogP contribution in [0.4, 0.5) is 13.2 Å². The molecule has 0 N–H and O–H groups in total. The smallest absolute Gasteiger partial charge is 0.416 e. The summed E-state index contributed by atoms with van der Waals surface area (Å²) in [6.07, 6.45) is -3.57. The lowest BCUT2D eigenvalue weighted by atomic mass is 10.1. The fourth-order valence-corrected chi connectivity index (χ4v) is 1.64. The van der Waals surface area contributed by atoms with E-state index >= 15 is 0 Å². The Hall–Kier alpha value is -1.37. The summed E-state index contributed by atoms with van der Waals surface area (Å²) in [4.78, 5) is -0.0526. The number of benzene rings is 1. The van der Waals surface area contributed by atoms with Crippen molar-refractivity contribution in [2.75, 3.05) is 0 Å². The van der Waals surface area contributed by atoms with Gasteiger partial charge >= 0.3 is 6.18 Å². The maximum Gasteiger partial charge on any atom is 0.416 e. The minimum absolute atomic E-state index is 0.0526. The van der Waals surface area contributed by atoms with E-state index < -0.39 is 11.7 Å². The second-order valence-electron chi connectivity index (χ2n) is 3.90. The second kappa shape index (κ2) is 5.32. The lowest BCUT2D eigenvalue weighted by molar-refractivity contribution is -0.137. The van der Waals surface area contributed by atoms with Gasteiger partial charge in [-0.2, -0.15) is 13.2 Å². The molecule has 19 heavy (non-hydrogen) atoms. The van der Waals surface area contributed by atoms with Gasteiger partial charge in [-0.15, -0.1) is 10.2 Å². The van der Waals surface area contributed by atoms with Gasteiger partial charge in [0.15, 0.2) is 0 Å². The standard InChI is InChI=1S/C12H10BrF3N2O/c1-2-9(13)11-18-17-10(19-11)7-3-5-8(6-4-7)12(14,15)16/h3-6,9H,2H2,1H3. The molecular formula is C12H10BrF3N2O. The number of alkyl halides is 4. The fraction of sp³-hybridized carbons (Fsp3) is 0.333. The van der Waals surface area contributed by atoms with Crippen LogP contribution in [-0.2, 0) is 6.18 Å². The van der Waals surface area contributed by atoms with Crippen LogP contribution in [0.15, 0.2) is 28.7 Å². The minimum Gasteiger partial charge on any atom is -0.419 e. The van der Waals surface area contributed by atoms with Gasteiger partial charge < -0.3 is 4.42 Å². The van der Waals surface area contributed by atoms with E-state index in [1.54, 1.807) is 0 Å². The van der Waals surface area contributed by atoms with Gasteiger partial charge in [-0.05, 0) is 30.7 Å². The molecule has 0 amide bonds. The summed E-state index contributed by atoms with van der Waals surface area (Å²) in [6, 6.07) is 4.61. The third-order valence-electron chi connectivity index (χ3n) is 2.53. The Labute approximate surface area is 116 Å². The van der Waals surface area contributed by atoms with E-state index in [4.69, 9.17) is 4.42 Å². The van der Waals surface area contributed by atoms with Crippen LogP contribution in [0, 0.1) is 0 Å². The zero-order valence-electron chi connectivity index (χ0n) is 9.91. The fourth-order valence-electron chi connectivity index (χ4n) is 1.45. The first-order valence-electron chi connectivity index (χ1n) is 5.57. The average Bonchev–Trinajstić information content (AvgIpc) is 2.86. The van der Waals surface area contributed by atoms with Gasteiger partial charge in [-0.25, -0.2) is 0 Å². The van der Waals surface area contributed by atoms with Gasteiger partial charge in [0, 0.05) is 5.56 Å². The zero-order valence-corrected chi connectivity index (χ0v) is 11.5. The normalized spacial score (nSPS) is 13.5. The summed E-state index contributed by atoms with van der Waals surface area (Å²) >= 11 is 3.36. The number of rotatable bonds is 3. The van der Waals surface area contributed by atoms with Crippen LogP contribution < -0.4 is 0 Å². The molecule has 2 aromatic rings. The van der Waals surface area contributed by atoms with Crippen molar-refractivity contribution in [3.63, 3.8) is 0 Å². The van der Waals surface area contributed by atoms with E-state index in [1.807, 2.05) is 6.92 Å². The van der Waals surface area contributed by atoms with E-state index in [0.717, 1.165) is 18.6 Å². The highest BCUT2D eigenvalue weighted by molar-refractivity contribution is 9.09. The van der Waals surface area contributed by atoms with E-state index in [2.05, 4.69) is 26.1 Å². The van der Waals surface area contributed by atoms with Crippen LogP contribution in [0.1, 0.15) is 29.6 Å². The lowest BCUT2D eigenvalue weighted by Crippen LogP contribution is -2.03. The Morgan fingerprint density at radius 1 is 1.21 bits per heavy atom. The summed E-state index contributed by atoms with van der Waals surface area (Å²) in [6.45, 7) is 1.95. The van der Waals surface area contributed by atoms with Crippen LogP contribution in [0.3, 0.4) is 0 Å². The highest BCUT2D eigenvalue weighted by Gasteiger charge is 2.30. The van der Waals surface area contributed by atoms with E-state index in [9.17, 15) is 13.2 Å². The predicted molar refractivity (Wildman–Crippen MR) is 66.7 cm³/mol. The maximum absolute atomic E-state index is 12.4. The summed E-state index contributed by atoms with van der Waals surface area (Å²) in [5.41, 5.74) is -0.245. The number of nitrogens with zero attached hydrogens (tertiary/aromatic N) is 2. The molecule has 0 saturated carbocycles. The molecule has 0 aliphatic carbocycles. The molecule has 0 saturated heterocycles. The Bertz CT molecular complexity index is 551. The van der Waals surface area contributed by atoms with Crippen LogP contribution in [0.5, 0.6) is 0 Å². The Morgan fingerprint density at radius 3 is 2.37 bits per heavy atom. The molecule has 102 valence electrons. The van der Waals surface area contributed by atoms with Crippen molar-refractivity contribution >= 4 is 15.9 Å². The first-order chi connectivity index (χ1) is 8.91. The van der Waals surface area contributed by atoms with E-state index in [0.29, 0.717) is 11.5 Å². The summed E-state index contributed by atoms with van der Waals surface area (Å²) in [7, 11) is 0. The van der Waals surface area contributed by atoms with Crippen molar-refractivity contribution in [3.05, 3.63) is 35.7 Å². The van der Waals surface area contributed by atoms with Crippen LogP contribution in [0.25, 0.3) is 11.5 Å². The van der Waals surface area contributed by atoms with Crippen molar-refractivity contribution in [1.82, 2.24) is 10.2 Å². The minimum atomic E-state index is -4.35. The zero-order chi connectivity index (χ0) is 14.0. The largest absolute Gasteiger partial charge is 0.419 e. The third-order valence-corrected chi connectivity index (χ3v) is 3.57. The first-order valence-corrected chi connectivity index (χ1v) is 6.48. The van der Waals surface area contributed by atoms with Gasteiger partial charge in [0.1, 0.15) is 0 Å². The Balaban J connectivity index is 2.25. The molecule has 1 atom stereocenters. The molecule has 0 fully saturated rings. The molecule has 7 heteroatoms. The summed E-state index contributed by atoms with van der Waals surface area (Å²) < 4.78 is 42.7. The summed E-state index contributed by atoms with van der Waals surface area (Å²) in [5, 5.41) is 7.67. The molecule has 1 aromatic heterocycles. The lowest BCUT2D eigenvalue weighted by Gasteiger charge is -2.05. The molecule has 2 rings (SSSR count). The van der Waals surface area contributed by atoms with Crippen LogP contribution in [-0.4, -0.2) is 10.2 Å².